The number of hydrogen-bond donors (Lipinski definition) is 0. The summed E-state index contributed by atoms with van der Waals surface area (Å²) in [5, 5.41) is 1.53. The van der Waals surface area contributed by atoms with Gasteiger partial charge in [-0.3, -0.25) is 4.57 Å². The summed E-state index contributed by atoms with van der Waals surface area (Å²) in [5.41, 5.74) is 2.78. The molecule has 0 saturated heterocycles. The average Bonchev–Trinajstić information content (AvgIpc) is 3.03. The summed E-state index contributed by atoms with van der Waals surface area (Å²) in [4.78, 5) is 9.28. The highest BCUT2D eigenvalue weighted by Gasteiger charge is 2.17. The molecule has 1 aromatic carbocycles. The smallest absolute Gasteiger partial charge is 0.174 e. The van der Waals surface area contributed by atoms with Gasteiger partial charge in [0.05, 0.1) is 23.7 Å². The van der Waals surface area contributed by atoms with Crippen LogP contribution >= 0.6 is 23.4 Å². The van der Waals surface area contributed by atoms with Crippen LogP contribution < -0.4 is 4.74 Å². The zero-order valence-electron chi connectivity index (χ0n) is 16.0. The fourth-order valence-electron chi connectivity index (χ4n) is 2.78. The van der Waals surface area contributed by atoms with Gasteiger partial charge in [-0.25, -0.2) is 9.97 Å². The Morgan fingerprint density at radius 3 is 2.81 bits per heavy atom. The van der Waals surface area contributed by atoms with Gasteiger partial charge in [0.1, 0.15) is 18.2 Å². The summed E-state index contributed by atoms with van der Waals surface area (Å²) in [6, 6.07) is 7.60. The van der Waals surface area contributed by atoms with E-state index >= 15 is 0 Å². The molecule has 1 atom stereocenters. The number of aromatic nitrogens is 3. The minimum absolute atomic E-state index is 0.246. The van der Waals surface area contributed by atoms with Gasteiger partial charge < -0.3 is 9.47 Å². The molecule has 3 rings (SSSR count). The zero-order chi connectivity index (χ0) is 19.4. The molecule has 0 aliphatic heterocycles. The molecular formula is C20H24ClN3O2S. The van der Waals surface area contributed by atoms with Gasteiger partial charge in [-0.05, 0) is 50.8 Å². The van der Waals surface area contributed by atoms with Crippen molar-refractivity contribution in [1.82, 2.24) is 14.5 Å². The predicted molar refractivity (Wildman–Crippen MR) is 112 cm³/mol. The highest BCUT2D eigenvalue weighted by molar-refractivity contribution is 7.98. The second-order valence-electron chi connectivity index (χ2n) is 6.26. The topological polar surface area (TPSA) is 49.2 Å². The maximum absolute atomic E-state index is 6.13. The first kappa shape index (κ1) is 20.0. The SMILES string of the molecule is CCC(C)OCCOc1ccnc(-n2c(SC)nc3cc(Cl)ccc32)c1C. The minimum Gasteiger partial charge on any atom is -0.491 e. The van der Waals surface area contributed by atoms with Gasteiger partial charge in [0.25, 0.3) is 0 Å². The lowest BCUT2D eigenvalue weighted by Crippen LogP contribution is -2.14. The van der Waals surface area contributed by atoms with Crippen LogP contribution in [-0.4, -0.2) is 40.1 Å². The molecule has 0 N–H and O–H groups in total. The van der Waals surface area contributed by atoms with Crippen LogP contribution in [0, 0.1) is 6.92 Å². The first-order valence-corrected chi connectivity index (χ1v) is 10.6. The molecule has 0 radical (unpaired) electrons. The number of rotatable bonds is 8. The number of fused-ring (bicyclic) bond motifs is 1. The molecule has 5 nitrogen and oxygen atoms in total. The van der Waals surface area contributed by atoms with Gasteiger partial charge in [0.15, 0.2) is 5.16 Å². The molecule has 144 valence electrons. The first-order valence-electron chi connectivity index (χ1n) is 8.97. The molecule has 0 fully saturated rings. The van der Waals surface area contributed by atoms with E-state index in [1.807, 2.05) is 42.0 Å². The normalized spacial score (nSPS) is 12.5. The van der Waals surface area contributed by atoms with Gasteiger partial charge in [0, 0.05) is 16.8 Å². The lowest BCUT2D eigenvalue weighted by Gasteiger charge is -2.15. The Bertz CT molecular complexity index is 929. The Balaban J connectivity index is 1.91. The highest BCUT2D eigenvalue weighted by Crippen LogP contribution is 2.31. The van der Waals surface area contributed by atoms with Crippen molar-refractivity contribution in [1.29, 1.82) is 0 Å². The third kappa shape index (κ3) is 4.39. The van der Waals surface area contributed by atoms with E-state index in [4.69, 9.17) is 21.1 Å². The highest BCUT2D eigenvalue weighted by atomic mass is 35.5. The van der Waals surface area contributed by atoms with Crippen LogP contribution in [0.5, 0.6) is 5.75 Å². The molecule has 1 unspecified atom stereocenters. The number of nitrogens with zero attached hydrogens (tertiary/aromatic N) is 3. The molecule has 3 aromatic rings. The summed E-state index contributed by atoms with van der Waals surface area (Å²) in [7, 11) is 0. The Hall–Kier alpha value is -1.76. The molecule has 0 aliphatic carbocycles. The van der Waals surface area contributed by atoms with E-state index in [9.17, 15) is 0 Å². The molecule has 0 amide bonds. The van der Waals surface area contributed by atoms with Crippen molar-refractivity contribution < 1.29 is 9.47 Å². The van der Waals surface area contributed by atoms with Gasteiger partial charge in [-0.15, -0.1) is 0 Å². The van der Waals surface area contributed by atoms with Gasteiger partial charge >= 0.3 is 0 Å². The molecular weight excluding hydrogens is 382 g/mol. The Morgan fingerprint density at radius 2 is 2.07 bits per heavy atom. The van der Waals surface area contributed by atoms with Crippen LogP contribution in [-0.2, 0) is 4.74 Å². The molecule has 0 aliphatic rings. The number of ether oxygens (including phenoxy) is 2. The second kappa shape index (κ2) is 8.95. The number of halogens is 1. The predicted octanol–water partition coefficient (Wildman–Crippen LogP) is 5.30. The molecule has 0 bridgehead atoms. The first-order chi connectivity index (χ1) is 13.0. The number of hydrogen-bond acceptors (Lipinski definition) is 5. The van der Waals surface area contributed by atoms with Crippen molar-refractivity contribution in [3.05, 3.63) is 41.0 Å². The summed E-state index contributed by atoms with van der Waals surface area (Å²) in [6.07, 6.45) is 5.00. The van der Waals surface area contributed by atoms with Crippen molar-refractivity contribution >= 4 is 34.4 Å². The fourth-order valence-corrected chi connectivity index (χ4v) is 3.50. The summed E-state index contributed by atoms with van der Waals surface area (Å²) in [5.74, 6) is 1.61. The van der Waals surface area contributed by atoms with Crippen LogP contribution in [0.15, 0.2) is 35.6 Å². The third-order valence-corrected chi connectivity index (χ3v) is 5.30. The minimum atomic E-state index is 0.246. The number of imidazole rings is 1. The van der Waals surface area contributed by atoms with Crippen LogP contribution in [0.4, 0.5) is 0 Å². The zero-order valence-corrected chi connectivity index (χ0v) is 17.6. The third-order valence-electron chi connectivity index (χ3n) is 4.43. The Kier molecular flexibility index (Phi) is 6.63. The Labute approximate surface area is 169 Å². The van der Waals surface area contributed by atoms with Gasteiger partial charge in [-0.2, -0.15) is 0 Å². The standard InChI is InChI=1S/C20H24ClN3O2S/c1-5-13(2)25-10-11-26-18-8-9-22-19(14(18)3)24-17-7-6-15(21)12-16(17)23-20(24)27-4/h6-9,12-13H,5,10-11H2,1-4H3. The van der Waals surface area contributed by atoms with E-state index in [2.05, 4.69) is 23.8 Å². The average molecular weight is 406 g/mol. The van der Waals surface area contributed by atoms with E-state index in [0.717, 1.165) is 39.7 Å². The second-order valence-corrected chi connectivity index (χ2v) is 7.47. The van der Waals surface area contributed by atoms with Crippen LogP contribution in [0.3, 0.4) is 0 Å². The van der Waals surface area contributed by atoms with Crippen LogP contribution in [0.1, 0.15) is 25.8 Å². The van der Waals surface area contributed by atoms with Crippen LogP contribution in [0.25, 0.3) is 16.9 Å². The van der Waals surface area contributed by atoms with E-state index < -0.39 is 0 Å². The summed E-state index contributed by atoms with van der Waals surface area (Å²) in [6.45, 7) is 7.25. The van der Waals surface area contributed by atoms with Crippen molar-refractivity contribution in [3.8, 4) is 11.6 Å². The van der Waals surface area contributed by atoms with Gasteiger partial charge in [-0.1, -0.05) is 30.3 Å². The lowest BCUT2D eigenvalue weighted by atomic mass is 10.2. The van der Waals surface area contributed by atoms with E-state index in [0.29, 0.717) is 18.2 Å². The van der Waals surface area contributed by atoms with E-state index in [1.54, 1.807) is 18.0 Å². The van der Waals surface area contributed by atoms with Crippen molar-refractivity contribution in [3.63, 3.8) is 0 Å². The fraction of sp³-hybridized carbons (Fsp3) is 0.400. The quantitative estimate of drug-likeness (QED) is 0.376. The summed E-state index contributed by atoms with van der Waals surface area (Å²) >= 11 is 7.70. The molecule has 0 saturated carbocycles. The molecule has 0 spiro atoms. The molecule has 2 aromatic heterocycles. The molecule has 7 heteroatoms. The molecule has 27 heavy (non-hydrogen) atoms. The van der Waals surface area contributed by atoms with E-state index in [1.165, 1.54) is 0 Å². The van der Waals surface area contributed by atoms with Crippen molar-refractivity contribution in [2.24, 2.45) is 0 Å². The molecule has 2 heterocycles. The monoisotopic (exact) mass is 405 g/mol. The maximum atomic E-state index is 6.13. The van der Waals surface area contributed by atoms with E-state index in [-0.39, 0.29) is 6.10 Å². The van der Waals surface area contributed by atoms with Crippen LogP contribution in [0.2, 0.25) is 5.02 Å². The van der Waals surface area contributed by atoms with Crippen molar-refractivity contribution in [2.45, 2.75) is 38.5 Å². The lowest BCUT2D eigenvalue weighted by molar-refractivity contribution is 0.0425. The number of pyridine rings is 1. The Morgan fingerprint density at radius 1 is 1.26 bits per heavy atom. The number of benzene rings is 1. The number of thioether (sulfide) groups is 1. The summed E-state index contributed by atoms with van der Waals surface area (Å²) < 4.78 is 13.7. The van der Waals surface area contributed by atoms with Crippen molar-refractivity contribution in [2.75, 3.05) is 19.5 Å². The largest absolute Gasteiger partial charge is 0.491 e. The van der Waals surface area contributed by atoms with Gasteiger partial charge in [0.2, 0.25) is 0 Å². The maximum Gasteiger partial charge on any atom is 0.174 e.